The lowest BCUT2D eigenvalue weighted by Gasteiger charge is -2.29. The minimum absolute atomic E-state index is 0.629. The molecule has 144 valence electrons. The molecule has 1 aromatic carbocycles. The number of aliphatic carboxylic acids is 1. The van der Waals surface area contributed by atoms with E-state index in [2.05, 4.69) is 20.9 Å². The lowest BCUT2D eigenvalue weighted by molar-refractivity contribution is -0.143. The molecule has 1 N–H and O–H groups in total. The van der Waals surface area contributed by atoms with Crippen molar-refractivity contribution in [2.45, 2.75) is 25.9 Å². The van der Waals surface area contributed by atoms with Crippen LogP contribution in [0.5, 0.6) is 5.75 Å². The minimum atomic E-state index is -0.834. The zero-order valence-electron chi connectivity index (χ0n) is 16.0. The van der Waals surface area contributed by atoms with Gasteiger partial charge in [-0.05, 0) is 37.6 Å². The van der Waals surface area contributed by atoms with Gasteiger partial charge in [0.15, 0.2) is 0 Å². The molecule has 0 radical (unpaired) electrons. The molecule has 2 aromatic rings. The van der Waals surface area contributed by atoms with Gasteiger partial charge in [0.1, 0.15) is 11.8 Å². The van der Waals surface area contributed by atoms with E-state index in [1.165, 1.54) is 5.56 Å². The summed E-state index contributed by atoms with van der Waals surface area (Å²) < 4.78 is 5.45. The van der Waals surface area contributed by atoms with Crippen LogP contribution in [0.2, 0.25) is 0 Å². The highest BCUT2D eigenvalue weighted by atomic mass is 16.5. The van der Waals surface area contributed by atoms with Gasteiger partial charge in [0.25, 0.3) is 0 Å². The number of ether oxygens (including phenoxy) is 1. The number of benzene rings is 1. The van der Waals surface area contributed by atoms with Crippen molar-refractivity contribution in [2.24, 2.45) is 0 Å². The Bertz CT molecular complexity index is 767. The Morgan fingerprint density at radius 2 is 2.11 bits per heavy atom. The fraction of sp³-hybridized carbons (Fsp3) is 0.429. The molecule has 6 heteroatoms. The second-order valence-corrected chi connectivity index (χ2v) is 7.01. The first kappa shape index (κ1) is 19.3. The summed E-state index contributed by atoms with van der Waals surface area (Å²) in [7, 11) is 1.59. The molecule has 0 spiro atoms. The fourth-order valence-electron chi connectivity index (χ4n) is 3.71. The van der Waals surface area contributed by atoms with Crippen molar-refractivity contribution < 1.29 is 14.6 Å². The molecule has 0 saturated carbocycles. The highest BCUT2D eigenvalue weighted by Gasteiger charge is 2.31. The molecule has 0 amide bonds. The van der Waals surface area contributed by atoms with Crippen molar-refractivity contribution in [3.63, 3.8) is 0 Å². The highest BCUT2D eigenvalue weighted by Crippen LogP contribution is 2.31. The Balaban J connectivity index is 1.76. The molecule has 2 heterocycles. The number of carboxylic acid groups (broad SMARTS) is 1. The zero-order chi connectivity index (χ0) is 19.2. The van der Waals surface area contributed by atoms with Crippen molar-refractivity contribution >= 4 is 5.97 Å². The first-order valence-corrected chi connectivity index (χ1v) is 9.31. The maximum absolute atomic E-state index is 12.1. The molecule has 1 saturated heterocycles. The smallest absolute Gasteiger partial charge is 0.325 e. The van der Waals surface area contributed by atoms with Crippen molar-refractivity contribution in [1.29, 1.82) is 0 Å². The molecule has 0 aliphatic carbocycles. The Kier molecular flexibility index (Phi) is 6.42. The summed E-state index contributed by atoms with van der Waals surface area (Å²) >= 11 is 0. The standard InChI is InChI=1S/C21H27N3O3/c1-16-6-7-19(27-2)18(13-16)20(21(25)26)24-10-4-9-23(11-12-24)15-17-5-3-8-22-14-17/h3,5-8,13-14,20H,4,9-12,15H2,1-2H3,(H,25,26)/t20-/m0/s1. The van der Waals surface area contributed by atoms with Gasteiger partial charge in [0.2, 0.25) is 0 Å². The second kappa shape index (κ2) is 8.97. The Morgan fingerprint density at radius 3 is 2.81 bits per heavy atom. The van der Waals surface area contributed by atoms with Crippen LogP contribution in [0.3, 0.4) is 0 Å². The lowest BCUT2D eigenvalue weighted by Crippen LogP contribution is -2.37. The maximum atomic E-state index is 12.1. The number of hydrogen-bond donors (Lipinski definition) is 1. The summed E-state index contributed by atoms with van der Waals surface area (Å²) in [6.45, 7) is 6.04. The van der Waals surface area contributed by atoms with Crippen LogP contribution in [-0.4, -0.2) is 59.1 Å². The van der Waals surface area contributed by atoms with Crippen molar-refractivity contribution in [2.75, 3.05) is 33.3 Å². The van der Waals surface area contributed by atoms with Crippen molar-refractivity contribution in [3.8, 4) is 5.75 Å². The number of aryl methyl sites for hydroxylation is 1. The van der Waals surface area contributed by atoms with Gasteiger partial charge in [-0.15, -0.1) is 0 Å². The largest absolute Gasteiger partial charge is 0.496 e. The molecule has 1 aromatic heterocycles. The average Bonchev–Trinajstić information content (AvgIpc) is 2.88. The van der Waals surface area contributed by atoms with Gasteiger partial charge in [-0.3, -0.25) is 19.6 Å². The number of aromatic nitrogens is 1. The average molecular weight is 369 g/mol. The van der Waals surface area contributed by atoms with Gasteiger partial charge < -0.3 is 9.84 Å². The van der Waals surface area contributed by atoms with E-state index in [9.17, 15) is 9.90 Å². The van der Waals surface area contributed by atoms with E-state index in [0.29, 0.717) is 12.3 Å². The summed E-state index contributed by atoms with van der Waals surface area (Å²) in [4.78, 5) is 20.7. The van der Waals surface area contributed by atoms with Gasteiger partial charge in [0, 0.05) is 44.1 Å². The summed E-state index contributed by atoms with van der Waals surface area (Å²) in [6, 6.07) is 9.05. The number of hydrogen-bond acceptors (Lipinski definition) is 5. The Labute approximate surface area is 160 Å². The van der Waals surface area contributed by atoms with E-state index in [-0.39, 0.29) is 0 Å². The lowest BCUT2D eigenvalue weighted by atomic mass is 10.0. The number of rotatable bonds is 6. The first-order chi connectivity index (χ1) is 13.1. The van der Waals surface area contributed by atoms with Crippen LogP contribution in [0.15, 0.2) is 42.7 Å². The SMILES string of the molecule is COc1ccc(C)cc1[C@@H](C(=O)O)N1CCCN(Cc2cccnc2)CC1. The van der Waals surface area contributed by atoms with E-state index in [1.54, 1.807) is 13.3 Å². The third kappa shape index (κ3) is 4.84. The van der Waals surface area contributed by atoms with E-state index in [0.717, 1.165) is 43.7 Å². The predicted octanol–water partition coefficient (Wildman–Crippen LogP) is 2.73. The molecule has 0 unspecified atom stereocenters. The summed E-state index contributed by atoms with van der Waals surface area (Å²) in [5.41, 5.74) is 2.94. The number of pyridine rings is 1. The zero-order valence-corrected chi connectivity index (χ0v) is 16.0. The van der Waals surface area contributed by atoms with Crippen LogP contribution < -0.4 is 4.74 Å². The number of carbonyl (C=O) groups is 1. The molecule has 27 heavy (non-hydrogen) atoms. The van der Waals surface area contributed by atoms with E-state index in [4.69, 9.17) is 4.74 Å². The van der Waals surface area contributed by atoms with Crippen molar-refractivity contribution in [1.82, 2.24) is 14.8 Å². The first-order valence-electron chi connectivity index (χ1n) is 9.31. The summed E-state index contributed by atoms with van der Waals surface area (Å²) in [5, 5.41) is 9.96. The van der Waals surface area contributed by atoms with E-state index in [1.807, 2.05) is 37.4 Å². The highest BCUT2D eigenvalue weighted by molar-refractivity contribution is 5.77. The van der Waals surface area contributed by atoms with Crippen LogP contribution in [0.4, 0.5) is 0 Å². The monoisotopic (exact) mass is 369 g/mol. The van der Waals surface area contributed by atoms with Gasteiger partial charge in [-0.1, -0.05) is 23.8 Å². The maximum Gasteiger partial charge on any atom is 0.325 e. The number of methoxy groups -OCH3 is 1. The molecule has 6 nitrogen and oxygen atoms in total. The van der Waals surface area contributed by atoms with E-state index < -0.39 is 12.0 Å². The van der Waals surface area contributed by atoms with E-state index >= 15 is 0 Å². The minimum Gasteiger partial charge on any atom is -0.496 e. The van der Waals surface area contributed by atoms with Crippen LogP contribution in [0, 0.1) is 6.92 Å². The fourth-order valence-corrected chi connectivity index (χ4v) is 3.71. The van der Waals surface area contributed by atoms with Crippen LogP contribution in [0.1, 0.15) is 29.2 Å². The Morgan fingerprint density at radius 1 is 1.26 bits per heavy atom. The third-order valence-electron chi connectivity index (χ3n) is 5.03. The van der Waals surface area contributed by atoms with Crippen LogP contribution in [-0.2, 0) is 11.3 Å². The molecule has 3 rings (SSSR count). The molecule has 1 atom stereocenters. The van der Waals surface area contributed by atoms with Gasteiger partial charge in [0.05, 0.1) is 7.11 Å². The molecular formula is C21H27N3O3. The quantitative estimate of drug-likeness (QED) is 0.845. The predicted molar refractivity (Wildman–Crippen MR) is 104 cm³/mol. The second-order valence-electron chi connectivity index (χ2n) is 7.01. The van der Waals surface area contributed by atoms with Crippen molar-refractivity contribution in [3.05, 3.63) is 59.4 Å². The van der Waals surface area contributed by atoms with Gasteiger partial charge in [-0.2, -0.15) is 0 Å². The summed E-state index contributed by atoms with van der Waals surface area (Å²) in [5.74, 6) is -0.205. The molecule has 1 aliphatic rings. The molecular weight excluding hydrogens is 342 g/mol. The van der Waals surface area contributed by atoms with Gasteiger partial charge >= 0.3 is 5.97 Å². The topological polar surface area (TPSA) is 65.9 Å². The summed E-state index contributed by atoms with van der Waals surface area (Å²) in [6.07, 6.45) is 4.60. The molecule has 1 aliphatic heterocycles. The van der Waals surface area contributed by atoms with Crippen LogP contribution >= 0.6 is 0 Å². The number of carboxylic acids is 1. The normalized spacial score (nSPS) is 17.3. The third-order valence-corrected chi connectivity index (χ3v) is 5.03. The number of nitrogens with zero attached hydrogens (tertiary/aromatic N) is 3. The van der Waals surface area contributed by atoms with Crippen LogP contribution in [0.25, 0.3) is 0 Å². The molecule has 0 bridgehead atoms. The Hall–Kier alpha value is -2.44. The van der Waals surface area contributed by atoms with Gasteiger partial charge in [-0.25, -0.2) is 0 Å². The molecule has 1 fully saturated rings.